The van der Waals surface area contributed by atoms with Gasteiger partial charge in [0.2, 0.25) is 0 Å². The van der Waals surface area contributed by atoms with Crippen molar-refractivity contribution >= 4 is 0 Å². The predicted molar refractivity (Wildman–Crippen MR) is 70.0 cm³/mol. The van der Waals surface area contributed by atoms with Gasteiger partial charge in [-0.15, -0.1) is 0 Å². The van der Waals surface area contributed by atoms with E-state index in [9.17, 15) is 5.11 Å². The van der Waals surface area contributed by atoms with Gasteiger partial charge in [-0.1, -0.05) is 27.2 Å². The fraction of sp³-hybridized carbons (Fsp3) is 1.00. The summed E-state index contributed by atoms with van der Waals surface area (Å²) in [6.45, 7) is 2.39. The number of hydrogen-bond donors (Lipinski definition) is 1. The van der Waals surface area contributed by atoms with Gasteiger partial charge in [0.15, 0.2) is 0 Å². The lowest BCUT2D eigenvalue weighted by atomic mass is 9.71. The summed E-state index contributed by atoms with van der Waals surface area (Å²) >= 11 is 0. The smallest absolute Gasteiger partial charge is 0.0540 e. The van der Waals surface area contributed by atoms with Crippen LogP contribution < -0.4 is 0 Å². The van der Waals surface area contributed by atoms with Crippen LogP contribution in [0.25, 0.3) is 0 Å². The van der Waals surface area contributed by atoms with Crippen LogP contribution in [0.4, 0.5) is 0 Å². The van der Waals surface area contributed by atoms with E-state index < -0.39 is 0 Å². The van der Waals surface area contributed by atoms with Gasteiger partial charge >= 0.3 is 0 Å². The average Bonchev–Trinajstić information content (AvgIpc) is 2.21. The molecule has 0 bridgehead atoms. The van der Waals surface area contributed by atoms with E-state index in [1.165, 1.54) is 38.5 Å². The van der Waals surface area contributed by atoms with Gasteiger partial charge in [0, 0.05) is 2.85 Å². The molecule has 0 atom stereocenters. The van der Waals surface area contributed by atoms with Crippen LogP contribution in [0.1, 0.15) is 68.6 Å². The van der Waals surface area contributed by atoms with Crippen molar-refractivity contribution in [2.45, 2.75) is 71.8 Å². The molecule has 0 heterocycles. The van der Waals surface area contributed by atoms with Crippen molar-refractivity contribution in [2.24, 2.45) is 17.8 Å². The summed E-state index contributed by atoms with van der Waals surface area (Å²) in [5.74, 6) is 2.92. The average molecular weight is 216 g/mol. The van der Waals surface area contributed by atoms with E-state index in [1.807, 2.05) is 0 Å². The highest BCUT2D eigenvalue weighted by atomic mass is 16.3. The molecule has 1 nitrogen and oxygen atoms in total. The summed E-state index contributed by atoms with van der Waals surface area (Å²) in [5, 5.41) is 9.47. The Labute approximate surface area is 98.2 Å². The van der Waals surface area contributed by atoms with E-state index >= 15 is 0 Å². The Kier molecular flexibility index (Phi) is 5.11. The topological polar surface area (TPSA) is 20.2 Å². The molecule has 0 aromatic rings. The van der Waals surface area contributed by atoms with Crippen molar-refractivity contribution < 1.29 is 7.96 Å². The zero-order chi connectivity index (χ0) is 9.97. The summed E-state index contributed by atoms with van der Waals surface area (Å²) in [6.07, 6.45) is 10.6. The Hall–Kier alpha value is -0.0400. The van der Waals surface area contributed by atoms with E-state index in [-0.39, 0.29) is 16.4 Å². The second kappa shape index (κ2) is 5.89. The lowest BCUT2D eigenvalue weighted by Gasteiger charge is -2.36. The molecular formula is C14H32O. The van der Waals surface area contributed by atoms with E-state index in [0.717, 1.165) is 30.6 Å². The number of aliphatic hydroxyl groups is 1. The molecule has 2 fully saturated rings. The Morgan fingerprint density at radius 1 is 0.800 bits per heavy atom. The molecule has 15 heavy (non-hydrogen) atoms. The SMILES string of the molecule is C.CC1CCC(C2CCC(O)CC2)CC1.[HH].[HH]. The first-order valence-electron chi connectivity index (χ1n) is 6.43. The molecule has 1 N–H and O–H groups in total. The summed E-state index contributed by atoms with van der Waals surface area (Å²) in [6, 6.07) is 0. The Morgan fingerprint density at radius 2 is 1.20 bits per heavy atom. The Morgan fingerprint density at radius 3 is 1.67 bits per heavy atom. The van der Waals surface area contributed by atoms with Crippen molar-refractivity contribution in [3.63, 3.8) is 0 Å². The minimum atomic E-state index is 0. The van der Waals surface area contributed by atoms with Crippen LogP contribution in [0.15, 0.2) is 0 Å². The van der Waals surface area contributed by atoms with Crippen LogP contribution in [-0.2, 0) is 0 Å². The normalized spacial score (nSPS) is 42.0. The van der Waals surface area contributed by atoms with Gasteiger partial charge in [0.25, 0.3) is 0 Å². The molecule has 0 aromatic heterocycles. The second-order valence-electron chi connectivity index (χ2n) is 5.59. The molecule has 0 aliphatic heterocycles. The lowest BCUT2D eigenvalue weighted by Crippen LogP contribution is -2.26. The van der Waals surface area contributed by atoms with Crippen LogP contribution in [-0.4, -0.2) is 11.2 Å². The van der Waals surface area contributed by atoms with Crippen molar-refractivity contribution in [1.29, 1.82) is 0 Å². The van der Waals surface area contributed by atoms with E-state index in [4.69, 9.17) is 0 Å². The van der Waals surface area contributed by atoms with Gasteiger partial charge in [0.05, 0.1) is 6.10 Å². The van der Waals surface area contributed by atoms with Gasteiger partial charge in [-0.25, -0.2) is 0 Å². The molecule has 0 aromatic carbocycles. The van der Waals surface area contributed by atoms with Crippen LogP contribution in [0.5, 0.6) is 0 Å². The molecule has 0 amide bonds. The van der Waals surface area contributed by atoms with Crippen LogP contribution in [0.2, 0.25) is 0 Å². The monoisotopic (exact) mass is 216 g/mol. The number of hydrogen-bond acceptors (Lipinski definition) is 1. The summed E-state index contributed by atoms with van der Waals surface area (Å²) in [5.41, 5.74) is 0. The minimum absolute atomic E-state index is 0. The molecule has 94 valence electrons. The number of rotatable bonds is 1. The van der Waals surface area contributed by atoms with Gasteiger partial charge in [-0.05, 0) is 56.3 Å². The van der Waals surface area contributed by atoms with Gasteiger partial charge in [-0.2, -0.15) is 0 Å². The molecule has 1 heteroatoms. The third kappa shape index (κ3) is 3.48. The molecular weight excluding hydrogens is 184 g/mol. The fourth-order valence-corrected chi connectivity index (χ4v) is 3.33. The van der Waals surface area contributed by atoms with Crippen LogP contribution in [0, 0.1) is 17.8 Å². The van der Waals surface area contributed by atoms with Gasteiger partial charge < -0.3 is 5.11 Å². The van der Waals surface area contributed by atoms with Gasteiger partial charge in [0.1, 0.15) is 0 Å². The highest BCUT2D eigenvalue weighted by molar-refractivity contribution is 4.80. The third-order valence-corrected chi connectivity index (χ3v) is 4.47. The maximum atomic E-state index is 9.47. The molecule has 0 saturated heterocycles. The number of aliphatic hydroxyl groups excluding tert-OH is 1. The van der Waals surface area contributed by atoms with Crippen LogP contribution in [0.3, 0.4) is 0 Å². The maximum Gasteiger partial charge on any atom is 0.0540 e. The highest BCUT2D eigenvalue weighted by Crippen LogP contribution is 2.39. The first-order chi connectivity index (χ1) is 6.75. The Balaban J connectivity index is 0. The highest BCUT2D eigenvalue weighted by Gasteiger charge is 2.29. The lowest BCUT2D eigenvalue weighted by molar-refractivity contribution is 0.0780. The molecule has 0 unspecified atom stereocenters. The third-order valence-electron chi connectivity index (χ3n) is 4.47. The van der Waals surface area contributed by atoms with Gasteiger partial charge in [-0.3, -0.25) is 0 Å². The first kappa shape index (κ1) is 13.0. The largest absolute Gasteiger partial charge is 0.393 e. The first-order valence-corrected chi connectivity index (χ1v) is 6.43. The summed E-state index contributed by atoms with van der Waals surface area (Å²) in [4.78, 5) is 0. The van der Waals surface area contributed by atoms with Crippen molar-refractivity contribution in [3.8, 4) is 0 Å². The molecule has 0 radical (unpaired) electrons. The van der Waals surface area contributed by atoms with Crippen molar-refractivity contribution in [3.05, 3.63) is 0 Å². The zero-order valence-electron chi connectivity index (χ0n) is 9.41. The van der Waals surface area contributed by atoms with Crippen molar-refractivity contribution in [1.82, 2.24) is 0 Å². The standard InChI is InChI=1S/C13H24O.CH4.2H2/c1-10-2-4-11(5-3-10)12-6-8-13(14)9-7-12;;;/h10-14H,2-9H2,1H3;1H4;2*1H. The molecule has 2 aliphatic carbocycles. The van der Waals surface area contributed by atoms with Crippen molar-refractivity contribution in [2.75, 3.05) is 0 Å². The predicted octanol–water partition coefficient (Wildman–Crippen LogP) is 4.49. The zero-order valence-corrected chi connectivity index (χ0v) is 9.41. The van der Waals surface area contributed by atoms with Crippen LogP contribution >= 0.6 is 0 Å². The second-order valence-corrected chi connectivity index (χ2v) is 5.59. The fourth-order valence-electron chi connectivity index (χ4n) is 3.33. The maximum absolute atomic E-state index is 9.47. The Bertz CT molecular complexity index is 151. The molecule has 2 rings (SSSR count). The van der Waals surface area contributed by atoms with E-state index in [1.54, 1.807) is 0 Å². The summed E-state index contributed by atoms with van der Waals surface area (Å²) < 4.78 is 0. The molecule has 2 saturated carbocycles. The van der Waals surface area contributed by atoms with E-state index in [2.05, 4.69) is 6.92 Å². The molecule has 2 aliphatic rings. The quantitative estimate of drug-likeness (QED) is 0.684. The minimum Gasteiger partial charge on any atom is -0.393 e. The summed E-state index contributed by atoms with van der Waals surface area (Å²) in [7, 11) is 0. The van der Waals surface area contributed by atoms with E-state index in [0.29, 0.717) is 0 Å². The molecule has 0 spiro atoms.